The van der Waals surface area contributed by atoms with Gasteiger partial charge in [0.05, 0.1) is 0 Å². The standard InChI is InChI=1S/C9H7P/c1-2-4-9-7-10-6-5-8(9)3-1/h1-7H. The minimum atomic E-state index is 1.30. The maximum absolute atomic E-state index is 2.22. The van der Waals surface area contributed by atoms with Gasteiger partial charge in [-0.3, -0.25) is 0 Å². The normalized spacial score (nSPS) is 10.8. The lowest BCUT2D eigenvalue weighted by molar-refractivity contribution is 1.82. The zero-order chi connectivity index (χ0) is 6.81. The smallest absolute Gasteiger partial charge is 0.0138 e. The highest BCUT2D eigenvalue weighted by atomic mass is 31.0. The Balaban J connectivity index is 2.89. The molecule has 1 heteroatoms. The average molecular weight is 146 g/mol. The largest absolute Gasteiger partial charge is 0.0758 e. The van der Waals surface area contributed by atoms with Gasteiger partial charge < -0.3 is 0 Å². The summed E-state index contributed by atoms with van der Waals surface area (Å²) in [6.07, 6.45) is 0. The summed E-state index contributed by atoms with van der Waals surface area (Å²) in [6, 6.07) is 10.6. The van der Waals surface area contributed by atoms with Gasteiger partial charge in [-0.1, -0.05) is 32.5 Å². The van der Waals surface area contributed by atoms with Crippen LogP contribution in [0.25, 0.3) is 10.8 Å². The van der Waals surface area contributed by atoms with E-state index in [9.17, 15) is 0 Å². The molecule has 0 aliphatic carbocycles. The van der Waals surface area contributed by atoms with Gasteiger partial charge in [-0.2, -0.15) is 0 Å². The van der Waals surface area contributed by atoms with E-state index in [1.165, 1.54) is 19.0 Å². The van der Waals surface area contributed by atoms with Crippen LogP contribution in [0.15, 0.2) is 41.9 Å². The van der Waals surface area contributed by atoms with Crippen LogP contribution in [0, 0.1) is 0 Å². The summed E-state index contributed by atoms with van der Waals surface area (Å²) < 4.78 is 0. The highest BCUT2D eigenvalue weighted by molar-refractivity contribution is 7.28. The third kappa shape index (κ3) is 0.913. The van der Waals surface area contributed by atoms with Crippen LogP contribution in [0.2, 0.25) is 0 Å². The molecule has 0 unspecified atom stereocenters. The Morgan fingerprint density at radius 2 is 1.70 bits per heavy atom. The Labute approximate surface area is 61.6 Å². The third-order valence-electron chi connectivity index (χ3n) is 1.55. The molecule has 2 rings (SSSR count). The fraction of sp³-hybridized carbons (Fsp3) is 0. The molecule has 0 aliphatic heterocycles. The second kappa shape index (κ2) is 2.40. The topological polar surface area (TPSA) is 0 Å². The van der Waals surface area contributed by atoms with Crippen LogP contribution in [0.5, 0.6) is 0 Å². The van der Waals surface area contributed by atoms with Crippen LogP contribution < -0.4 is 0 Å². The van der Waals surface area contributed by atoms with Crippen molar-refractivity contribution in [1.82, 2.24) is 0 Å². The maximum Gasteiger partial charge on any atom is -0.0138 e. The lowest BCUT2D eigenvalue weighted by Crippen LogP contribution is -1.64. The van der Waals surface area contributed by atoms with Crippen molar-refractivity contribution in [3.05, 3.63) is 41.9 Å². The van der Waals surface area contributed by atoms with Gasteiger partial charge in [-0.05, 0) is 28.4 Å². The number of hydrogen-bond acceptors (Lipinski definition) is 0. The second-order valence-electron chi connectivity index (χ2n) is 2.22. The first-order chi connectivity index (χ1) is 4.97. The van der Waals surface area contributed by atoms with Gasteiger partial charge in [0.15, 0.2) is 0 Å². The number of benzene rings is 1. The summed E-state index contributed by atoms with van der Waals surface area (Å²) in [5, 5.41) is 2.69. The Bertz CT molecular complexity index is 276. The summed E-state index contributed by atoms with van der Waals surface area (Å²) in [6.45, 7) is 0. The monoisotopic (exact) mass is 146 g/mol. The summed E-state index contributed by atoms with van der Waals surface area (Å²) in [5.41, 5.74) is 0. The van der Waals surface area contributed by atoms with E-state index >= 15 is 0 Å². The molecule has 0 saturated heterocycles. The van der Waals surface area contributed by atoms with E-state index in [-0.39, 0.29) is 0 Å². The van der Waals surface area contributed by atoms with Crippen molar-refractivity contribution in [2.75, 3.05) is 0 Å². The van der Waals surface area contributed by atoms with Gasteiger partial charge in [0.1, 0.15) is 0 Å². The molecule has 0 atom stereocenters. The van der Waals surface area contributed by atoms with Crippen molar-refractivity contribution < 1.29 is 0 Å². The quantitative estimate of drug-likeness (QED) is 0.534. The Morgan fingerprint density at radius 1 is 0.900 bits per heavy atom. The molecule has 0 N–H and O–H groups in total. The lowest BCUT2D eigenvalue weighted by atomic mass is 10.2. The van der Waals surface area contributed by atoms with Crippen molar-refractivity contribution in [3.8, 4) is 0 Å². The van der Waals surface area contributed by atoms with Crippen LogP contribution in [-0.2, 0) is 0 Å². The summed E-state index contributed by atoms with van der Waals surface area (Å²) in [5.74, 6) is 4.37. The molecule has 0 aliphatic rings. The number of fused-ring (bicyclic) bond motifs is 1. The minimum absolute atomic E-state index is 1.30. The van der Waals surface area contributed by atoms with Crippen LogP contribution in [0.4, 0.5) is 0 Å². The van der Waals surface area contributed by atoms with Gasteiger partial charge in [0.2, 0.25) is 0 Å². The van der Waals surface area contributed by atoms with E-state index in [0.717, 1.165) is 0 Å². The van der Waals surface area contributed by atoms with Crippen LogP contribution in [0.1, 0.15) is 0 Å². The molecular formula is C9H7P. The van der Waals surface area contributed by atoms with Crippen molar-refractivity contribution in [3.63, 3.8) is 0 Å². The molecule has 1 aromatic heterocycles. The number of hydrogen-bond donors (Lipinski definition) is 0. The van der Waals surface area contributed by atoms with Crippen LogP contribution >= 0.6 is 8.19 Å². The van der Waals surface area contributed by atoms with E-state index in [4.69, 9.17) is 0 Å². The van der Waals surface area contributed by atoms with Gasteiger partial charge >= 0.3 is 0 Å². The van der Waals surface area contributed by atoms with Crippen molar-refractivity contribution in [2.45, 2.75) is 0 Å². The fourth-order valence-electron chi connectivity index (χ4n) is 1.03. The maximum atomic E-state index is 2.22. The van der Waals surface area contributed by atoms with Crippen LogP contribution in [0.3, 0.4) is 0 Å². The Hall–Kier alpha value is -0.870. The molecule has 1 aromatic carbocycles. The minimum Gasteiger partial charge on any atom is -0.0758 e. The SMILES string of the molecule is c1ccc2cpccc2c1. The predicted molar refractivity (Wildman–Crippen MR) is 46.5 cm³/mol. The first kappa shape index (κ1) is 5.88. The van der Waals surface area contributed by atoms with E-state index in [1.807, 2.05) is 0 Å². The van der Waals surface area contributed by atoms with E-state index in [0.29, 0.717) is 0 Å². The van der Waals surface area contributed by atoms with Gasteiger partial charge in [-0.15, -0.1) is 0 Å². The molecule has 10 heavy (non-hydrogen) atoms. The van der Waals surface area contributed by atoms with Crippen LogP contribution in [-0.4, -0.2) is 0 Å². The highest BCUT2D eigenvalue weighted by Crippen LogP contribution is 2.17. The first-order valence-electron chi connectivity index (χ1n) is 3.25. The van der Waals surface area contributed by atoms with Crippen molar-refractivity contribution in [1.29, 1.82) is 0 Å². The van der Waals surface area contributed by atoms with Gasteiger partial charge in [-0.25, -0.2) is 0 Å². The molecule has 2 aromatic rings. The zero-order valence-electron chi connectivity index (χ0n) is 5.49. The Kier molecular flexibility index (Phi) is 1.41. The second-order valence-corrected chi connectivity index (χ2v) is 3.08. The lowest BCUT2D eigenvalue weighted by Gasteiger charge is -1.92. The molecular weight excluding hydrogens is 139 g/mol. The molecule has 0 fully saturated rings. The molecule has 0 radical (unpaired) electrons. The highest BCUT2D eigenvalue weighted by Gasteiger charge is 1.85. The fourth-order valence-corrected chi connectivity index (χ4v) is 1.76. The first-order valence-corrected chi connectivity index (χ1v) is 4.29. The molecule has 0 spiro atoms. The third-order valence-corrected chi connectivity index (χ3v) is 2.30. The van der Waals surface area contributed by atoms with Gasteiger partial charge in [0, 0.05) is 0 Å². The Morgan fingerprint density at radius 3 is 2.50 bits per heavy atom. The van der Waals surface area contributed by atoms with E-state index in [2.05, 4.69) is 41.9 Å². The molecule has 0 amide bonds. The van der Waals surface area contributed by atoms with Gasteiger partial charge in [0.25, 0.3) is 0 Å². The zero-order valence-corrected chi connectivity index (χ0v) is 6.38. The summed E-state index contributed by atoms with van der Waals surface area (Å²) >= 11 is 0. The molecule has 0 bridgehead atoms. The molecule has 0 saturated carbocycles. The average Bonchev–Trinajstić information content (AvgIpc) is 2.05. The van der Waals surface area contributed by atoms with Crippen molar-refractivity contribution in [2.24, 2.45) is 0 Å². The summed E-state index contributed by atoms with van der Waals surface area (Å²) in [7, 11) is 1.30. The molecule has 0 nitrogen and oxygen atoms in total. The van der Waals surface area contributed by atoms with E-state index < -0.39 is 0 Å². The molecule has 1 heterocycles. The van der Waals surface area contributed by atoms with Crippen molar-refractivity contribution >= 4 is 19.0 Å². The predicted octanol–water partition coefficient (Wildman–Crippen LogP) is 3.42. The molecule has 48 valence electrons. The summed E-state index contributed by atoms with van der Waals surface area (Å²) in [4.78, 5) is 0. The number of rotatable bonds is 0. The van der Waals surface area contributed by atoms with E-state index in [1.54, 1.807) is 0 Å².